The summed E-state index contributed by atoms with van der Waals surface area (Å²) in [5, 5.41) is 9.04. The quantitative estimate of drug-likeness (QED) is 0.673. The Bertz CT molecular complexity index is 298. The van der Waals surface area contributed by atoms with Crippen molar-refractivity contribution in [1.82, 2.24) is 0 Å². The number of carbonyl (C=O) groups excluding carboxylic acids is 2. The highest BCUT2D eigenvalue weighted by Crippen LogP contribution is 2.19. The fourth-order valence-corrected chi connectivity index (χ4v) is 1.40. The van der Waals surface area contributed by atoms with Crippen LogP contribution < -0.4 is 0 Å². The van der Waals surface area contributed by atoms with E-state index in [9.17, 15) is 9.59 Å². The van der Waals surface area contributed by atoms with Gasteiger partial charge in [0.2, 0.25) is 0 Å². The SMILES string of the molecule is CC(=O)OC1[C@H](OC(C)=O)C=CO[C@@H]1CO. The first-order valence-electron chi connectivity index (χ1n) is 4.82. The lowest BCUT2D eigenvalue weighted by atomic mass is 10.1. The van der Waals surface area contributed by atoms with E-state index in [2.05, 4.69) is 0 Å². The predicted octanol–water partition coefficient (Wildman–Crippen LogP) is -0.245. The molecule has 3 atom stereocenters. The van der Waals surface area contributed by atoms with Crippen LogP contribution in [0.15, 0.2) is 12.3 Å². The molecule has 0 fully saturated rings. The van der Waals surface area contributed by atoms with Gasteiger partial charge in [-0.25, -0.2) is 0 Å². The Balaban J connectivity index is 2.77. The molecule has 6 nitrogen and oxygen atoms in total. The Hall–Kier alpha value is -1.56. The third-order valence-electron chi connectivity index (χ3n) is 2.00. The van der Waals surface area contributed by atoms with Crippen molar-refractivity contribution < 1.29 is 28.9 Å². The summed E-state index contributed by atoms with van der Waals surface area (Å²) in [6.45, 7) is 2.15. The normalized spacial score (nSPS) is 28.1. The van der Waals surface area contributed by atoms with Gasteiger partial charge < -0.3 is 19.3 Å². The van der Waals surface area contributed by atoms with E-state index in [-0.39, 0.29) is 6.61 Å². The number of hydrogen-bond acceptors (Lipinski definition) is 6. The maximum atomic E-state index is 10.9. The molecule has 1 heterocycles. The fourth-order valence-electron chi connectivity index (χ4n) is 1.40. The number of ether oxygens (including phenoxy) is 3. The van der Waals surface area contributed by atoms with Gasteiger partial charge in [0.25, 0.3) is 0 Å². The van der Waals surface area contributed by atoms with E-state index >= 15 is 0 Å². The van der Waals surface area contributed by atoms with Crippen molar-refractivity contribution in [3.05, 3.63) is 12.3 Å². The molecular weight excluding hydrogens is 216 g/mol. The first kappa shape index (κ1) is 12.5. The first-order valence-corrected chi connectivity index (χ1v) is 4.82. The zero-order chi connectivity index (χ0) is 12.1. The van der Waals surface area contributed by atoms with Crippen molar-refractivity contribution in [2.45, 2.75) is 32.2 Å². The monoisotopic (exact) mass is 230 g/mol. The summed E-state index contributed by atoms with van der Waals surface area (Å²) in [6.07, 6.45) is 0.497. The molecule has 1 N–H and O–H groups in total. The van der Waals surface area contributed by atoms with E-state index in [1.54, 1.807) is 0 Å². The molecule has 1 aliphatic heterocycles. The molecule has 0 aromatic carbocycles. The molecule has 0 bridgehead atoms. The Kier molecular flexibility index (Phi) is 4.30. The second kappa shape index (κ2) is 5.50. The zero-order valence-corrected chi connectivity index (χ0v) is 9.08. The summed E-state index contributed by atoms with van der Waals surface area (Å²) in [4.78, 5) is 21.7. The number of rotatable bonds is 3. The van der Waals surface area contributed by atoms with Crippen LogP contribution in [0.3, 0.4) is 0 Å². The Morgan fingerprint density at radius 3 is 2.44 bits per heavy atom. The van der Waals surface area contributed by atoms with E-state index < -0.39 is 30.3 Å². The van der Waals surface area contributed by atoms with Gasteiger partial charge in [-0.1, -0.05) is 0 Å². The van der Waals surface area contributed by atoms with Gasteiger partial charge in [0.15, 0.2) is 18.3 Å². The lowest BCUT2D eigenvalue weighted by molar-refractivity contribution is -0.175. The second-order valence-electron chi connectivity index (χ2n) is 3.33. The van der Waals surface area contributed by atoms with Gasteiger partial charge in [-0.05, 0) is 6.08 Å². The van der Waals surface area contributed by atoms with E-state index in [4.69, 9.17) is 19.3 Å². The van der Waals surface area contributed by atoms with Crippen LogP contribution in [0, 0.1) is 0 Å². The fraction of sp³-hybridized carbons (Fsp3) is 0.600. The van der Waals surface area contributed by atoms with Crippen LogP contribution in [0.1, 0.15) is 13.8 Å². The standard InChI is InChI=1S/C10H14O6/c1-6(12)15-8-3-4-14-9(5-11)10(8)16-7(2)13/h3-4,8-11H,5H2,1-2H3/t8-,9-,10?/m1/s1. The smallest absolute Gasteiger partial charge is 0.303 e. The molecule has 0 saturated carbocycles. The summed E-state index contributed by atoms with van der Waals surface area (Å²) in [5.41, 5.74) is 0. The van der Waals surface area contributed by atoms with E-state index in [0.717, 1.165) is 0 Å². The van der Waals surface area contributed by atoms with Crippen molar-refractivity contribution in [3.8, 4) is 0 Å². The maximum absolute atomic E-state index is 10.9. The highest BCUT2D eigenvalue weighted by Gasteiger charge is 2.36. The molecule has 0 amide bonds. The minimum atomic E-state index is -0.823. The molecule has 1 unspecified atom stereocenters. The van der Waals surface area contributed by atoms with Crippen LogP contribution >= 0.6 is 0 Å². The topological polar surface area (TPSA) is 82.1 Å². The average molecular weight is 230 g/mol. The largest absolute Gasteiger partial charge is 0.492 e. The van der Waals surface area contributed by atoms with Gasteiger partial charge in [0.05, 0.1) is 12.9 Å². The van der Waals surface area contributed by atoms with Crippen molar-refractivity contribution >= 4 is 11.9 Å². The average Bonchev–Trinajstić information content (AvgIpc) is 2.19. The third kappa shape index (κ3) is 3.23. The van der Waals surface area contributed by atoms with Crippen molar-refractivity contribution in [3.63, 3.8) is 0 Å². The van der Waals surface area contributed by atoms with E-state index in [1.165, 1.54) is 26.2 Å². The second-order valence-corrected chi connectivity index (χ2v) is 3.33. The number of carbonyl (C=O) groups is 2. The third-order valence-corrected chi connectivity index (χ3v) is 2.00. The Morgan fingerprint density at radius 2 is 1.94 bits per heavy atom. The van der Waals surface area contributed by atoms with Crippen LogP contribution in [0.5, 0.6) is 0 Å². The van der Waals surface area contributed by atoms with Crippen LogP contribution in [0.25, 0.3) is 0 Å². The number of aliphatic hydroxyl groups excluding tert-OH is 1. The zero-order valence-electron chi connectivity index (χ0n) is 9.08. The molecule has 0 aromatic heterocycles. The number of esters is 2. The Labute approximate surface area is 92.8 Å². The minimum absolute atomic E-state index is 0.333. The van der Waals surface area contributed by atoms with E-state index in [0.29, 0.717) is 0 Å². The lowest BCUT2D eigenvalue weighted by Gasteiger charge is -2.32. The van der Waals surface area contributed by atoms with Crippen molar-refractivity contribution in [1.29, 1.82) is 0 Å². The molecule has 6 heteroatoms. The molecule has 16 heavy (non-hydrogen) atoms. The molecule has 1 aliphatic rings. The van der Waals surface area contributed by atoms with Crippen LogP contribution in [-0.4, -0.2) is 42.0 Å². The summed E-state index contributed by atoms with van der Waals surface area (Å²) in [6, 6.07) is 0. The highest BCUT2D eigenvalue weighted by atomic mass is 16.6. The summed E-state index contributed by atoms with van der Waals surface area (Å²) < 4.78 is 15.0. The molecule has 0 saturated heterocycles. The molecule has 0 radical (unpaired) electrons. The van der Waals surface area contributed by atoms with Gasteiger partial charge in [0, 0.05) is 13.8 Å². The lowest BCUT2D eigenvalue weighted by Crippen LogP contribution is -2.46. The van der Waals surface area contributed by atoms with Crippen molar-refractivity contribution in [2.75, 3.05) is 6.61 Å². The molecule has 0 aromatic rings. The minimum Gasteiger partial charge on any atom is -0.492 e. The summed E-state index contributed by atoms with van der Waals surface area (Å²) in [7, 11) is 0. The van der Waals surface area contributed by atoms with Gasteiger partial charge in [-0.15, -0.1) is 0 Å². The van der Waals surface area contributed by atoms with E-state index in [1.807, 2.05) is 0 Å². The van der Waals surface area contributed by atoms with Crippen molar-refractivity contribution in [2.24, 2.45) is 0 Å². The van der Waals surface area contributed by atoms with Crippen LogP contribution in [0.2, 0.25) is 0 Å². The maximum Gasteiger partial charge on any atom is 0.303 e. The summed E-state index contributed by atoms with van der Waals surface area (Å²) in [5.74, 6) is -1.02. The highest BCUT2D eigenvalue weighted by molar-refractivity contribution is 5.67. The molecule has 1 rings (SSSR count). The number of hydrogen-bond donors (Lipinski definition) is 1. The van der Waals surface area contributed by atoms with Crippen LogP contribution in [-0.2, 0) is 23.8 Å². The molecule has 90 valence electrons. The van der Waals surface area contributed by atoms with Crippen LogP contribution in [0.4, 0.5) is 0 Å². The van der Waals surface area contributed by atoms with Gasteiger partial charge in [0.1, 0.15) is 0 Å². The predicted molar refractivity (Wildman–Crippen MR) is 52.2 cm³/mol. The molecular formula is C10H14O6. The molecule has 0 spiro atoms. The van der Waals surface area contributed by atoms with Gasteiger partial charge >= 0.3 is 11.9 Å². The first-order chi connectivity index (χ1) is 7.54. The summed E-state index contributed by atoms with van der Waals surface area (Å²) >= 11 is 0. The molecule has 0 aliphatic carbocycles. The Morgan fingerprint density at radius 1 is 1.31 bits per heavy atom. The van der Waals surface area contributed by atoms with Gasteiger partial charge in [-0.2, -0.15) is 0 Å². The van der Waals surface area contributed by atoms with Gasteiger partial charge in [-0.3, -0.25) is 9.59 Å². The number of aliphatic hydroxyl groups is 1.